The van der Waals surface area contributed by atoms with Crippen LogP contribution in [0.1, 0.15) is 49.0 Å². The van der Waals surface area contributed by atoms with Gasteiger partial charge in [0.05, 0.1) is 11.9 Å². The Morgan fingerprint density at radius 3 is 2.44 bits per heavy atom. The first-order valence-electron chi connectivity index (χ1n) is 13.3. The van der Waals surface area contributed by atoms with Gasteiger partial charge in [-0.2, -0.15) is 4.39 Å². The number of rotatable bonds is 10. The Bertz CT molecular complexity index is 1340. The lowest BCUT2D eigenvalue weighted by Crippen LogP contribution is -2.46. The number of anilines is 3. The Kier molecular flexibility index (Phi) is 7.77. The molecule has 5 rings (SSSR count). The van der Waals surface area contributed by atoms with Gasteiger partial charge in [0, 0.05) is 55.2 Å². The van der Waals surface area contributed by atoms with E-state index >= 15 is 0 Å². The first-order valence-corrected chi connectivity index (χ1v) is 13.3. The minimum absolute atomic E-state index is 0.00926. The van der Waals surface area contributed by atoms with Crippen molar-refractivity contribution in [3.8, 4) is 0 Å². The molecule has 3 heterocycles. The van der Waals surface area contributed by atoms with Gasteiger partial charge in [0.1, 0.15) is 5.82 Å². The highest BCUT2D eigenvalue weighted by molar-refractivity contribution is 6.03. The normalized spacial score (nSPS) is 19.2. The second kappa shape index (κ2) is 11.4. The number of hydrogen-bond donors (Lipinski definition) is 4. The summed E-state index contributed by atoms with van der Waals surface area (Å²) >= 11 is 0. The van der Waals surface area contributed by atoms with Gasteiger partial charge in [0.2, 0.25) is 5.95 Å². The van der Waals surface area contributed by atoms with E-state index in [1.165, 1.54) is 23.0 Å². The van der Waals surface area contributed by atoms with Gasteiger partial charge < -0.3 is 30.9 Å². The lowest BCUT2D eigenvalue weighted by atomic mass is 9.90. The molecule has 0 unspecified atom stereocenters. The van der Waals surface area contributed by atoms with Gasteiger partial charge >= 0.3 is 6.09 Å². The van der Waals surface area contributed by atoms with E-state index in [-0.39, 0.29) is 23.5 Å². The molecule has 0 radical (unpaired) electrons. The van der Waals surface area contributed by atoms with Crippen molar-refractivity contribution in [2.75, 3.05) is 43.1 Å². The number of carbonyl (C=O) groups is 2. The summed E-state index contributed by atoms with van der Waals surface area (Å²) in [5, 5.41) is 24.0. The zero-order valence-electron chi connectivity index (χ0n) is 22.1. The quantitative estimate of drug-likeness (QED) is 0.286. The number of carbonyl (C=O) groups excluding carboxylic acids is 1. The summed E-state index contributed by atoms with van der Waals surface area (Å²) in [6.07, 6.45) is 7.10. The summed E-state index contributed by atoms with van der Waals surface area (Å²) in [6, 6.07) is 5.03. The van der Waals surface area contributed by atoms with Crippen LogP contribution in [0.2, 0.25) is 0 Å². The highest BCUT2D eigenvalue weighted by atomic mass is 19.1. The number of pyridine rings is 1. The lowest BCUT2D eigenvalue weighted by Gasteiger charge is -2.36. The van der Waals surface area contributed by atoms with Crippen LogP contribution in [0.4, 0.5) is 26.4 Å². The van der Waals surface area contributed by atoms with Crippen molar-refractivity contribution in [1.29, 1.82) is 0 Å². The zero-order chi connectivity index (χ0) is 27.5. The number of likely N-dealkylation sites (N-methyl/N-ethyl adjacent to an activating group) is 1. The van der Waals surface area contributed by atoms with Gasteiger partial charge in [0.15, 0.2) is 11.3 Å². The maximum absolute atomic E-state index is 13.5. The molecule has 2 fully saturated rings. The fraction of sp³-hybridized carbons (Fsp3) is 0.500. The predicted octanol–water partition coefficient (Wildman–Crippen LogP) is 3.35. The van der Waals surface area contributed by atoms with Crippen molar-refractivity contribution in [1.82, 2.24) is 29.4 Å². The molecule has 3 aromatic heterocycles. The molecule has 39 heavy (non-hydrogen) atoms. The van der Waals surface area contributed by atoms with E-state index in [4.69, 9.17) is 0 Å². The molecule has 2 amide bonds. The fourth-order valence-electron chi connectivity index (χ4n) is 4.91. The number of nitrogens with one attached hydrogen (secondary N) is 3. The second-order valence-corrected chi connectivity index (χ2v) is 10.5. The molecule has 2 aliphatic carbocycles. The van der Waals surface area contributed by atoms with Crippen LogP contribution in [-0.2, 0) is 0 Å². The monoisotopic (exact) mass is 539 g/mol. The highest BCUT2D eigenvalue weighted by Crippen LogP contribution is 2.30. The number of imidazole rings is 1. The van der Waals surface area contributed by atoms with Crippen LogP contribution in [0, 0.1) is 5.95 Å². The predicted molar refractivity (Wildman–Crippen MR) is 145 cm³/mol. The average molecular weight is 540 g/mol. The number of carboxylic acid groups (broad SMARTS) is 1. The summed E-state index contributed by atoms with van der Waals surface area (Å²) in [6.45, 7) is 1.17. The smallest absolute Gasteiger partial charge is 0.407 e. The maximum atomic E-state index is 13.5. The molecule has 0 aromatic carbocycles. The molecule has 13 heteroatoms. The summed E-state index contributed by atoms with van der Waals surface area (Å²) in [5.74, 6) is -0.564. The van der Waals surface area contributed by atoms with E-state index in [1.807, 2.05) is 25.1 Å². The Morgan fingerprint density at radius 1 is 1.05 bits per heavy atom. The van der Waals surface area contributed by atoms with Gasteiger partial charge in [0.25, 0.3) is 5.91 Å². The van der Waals surface area contributed by atoms with Crippen molar-refractivity contribution >= 4 is 34.8 Å². The molecular formula is C26H34FN9O3. The van der Waals surface area contributed by atoms with Gasteiger partial charge in [-0.05, 0) is 58.7 Å². The van der Waals surface area contributed by atoms with Crippen LogP contribution in [0.15, 0.2) is 30.6 Å². The zero-order valence-corrected chi connectivity index (χ0v) is 22.1. The Labute approximate surface area is 225 Å². The second-order valence-electron chi connectivity index (χ2n) is 10.5. The molecule has 0 spiro atoms. The van der Waals surface area contributed by atoms with Gasteiger partial charge in [-0.15, -0.1) is 5.10 Å². The molecule has 2 saturated carbocycles. The van der Waals surface area contributed by atoms with Crippen LogP contribution in [0.3, 0.4) is 0 Å². The molecule has 0 bridgehead atoms. The lowest BCUT2D eigenvalue weighted by molar-refractivity contribution is 0.101. The molecule has 12 nitrogen and oxygen atoms in total. The first-order chi connectivity index (χ1) is 18.8. The third kappa shape index (κ3) is 6.53. The Balaban J connectivity index is 1.32. The number of aromatic nitrogens is 4. The molecule has 4 N–H and O–H groups in total. The van der Waals surface area contributed by atoms with Crippen LogP contribution in [-0.4, -0.2) is 91.8 Å². The van der Waals surface area contributed by atoms with Crippen LogP contribution in [0.5, 0.6) is 0 Å². The molecule has 3 aromatic rings. The van der Waals surface area contributed by atoms with Crippen molar-refractivity contribution in [2.45, 2.75) is 56.7 Å². The van der Waals surface area contributed by atoms with Gasteiger partial charge in [-0.3, -0.25) is 4.79 Å². The summed E-state index contributed by atoms with van der Waals surface area (Å²) in [7, 11) is 3.87. The minimum atomic E-state index is -0.878. The average Bonchev–Trinajstić information content (AvgIpc) is 3.60. The third-order valence-corrected chi connectivity index (χ3v) is 7.14. The van der Waals surface area contributed by atoms with E-state index in [0.717, 1.165) is 50.3 Å². The van der Waals surface area contributed by atoms with E-state index < -0.39 is 17.9 Å². The Hall–Kier alpha value is -4.00. The third-order valence-electron chi connectivity index (χ3n) is 7.14. The van der Waals surface area contributed by atoms with Crippen LogP contribution < -0.4 is 16.0 Å². The largest absolute Gasteiger partial charge is 0.465 e. The maximum Gasteiger partial charge on any atom is 0.407 e. The molecule has 208 valence electrons. The van der Waals surface area contributed by atoms with Crippen molar-refractivity contribution in [3.63, 3.8) is 0 Å². The van der Waals surface area contributed by atoms with E-state index in [9.17, 15) is 19.1 Å². The topological polar surface area (TPSA) is 140 Å². The molecule has 0 saturated heterocycles. The number of fused-ring (bicyclic) bond motifs is 1. The van der Waals surface area contributed by atoms with E-state index in [1.54, 1.807) is 4.90 Å². The standard InChI is InChI=1S/C26H34FN9O3/c1-34(2)11-12-35(26(38)39)19-7-5-17(6-8-19)31-23-14-20(30-16-3-4-16)24-29-15-21(36(24)33-23)25(37)32-18-9-10-28-22(27)13-18/h9-10,13-17,19,30H,3-8,11-12H2,1-2H3,(H,31,33)(H,38,39)(H,28,32,37). The van der Waals surface area contributed by atoms with E-state index in [0.29, 0.717) is 30.6 Å². The highest BCUT2D eigenvalue weighted by Gasteiger charge is 2.30. The summed E-state index contributed by atoms with van der Waals surface area (Å²) in [4.78, 5) is 36.4. The molecule has 2 aliphatic rings. The molecular weight excluding hydrogens is 505 g/mol. The number of amides is 2. The SMILES string of the molecule is CN(C)CCN(C(=O)O)C1CCC(Nc2cc(NC3CC3)c3ncc(C(=O)Nc4ccnc(F)c4)n3n2)CC1. The molecule has 0 atom stereocenters. The van der Waals surface area contributed by atoms with E-state index in [2.05, 4.69) is 31.0 Å². The number of nitrogens with zero attached hydrogens (tertiary/aromatic N) is 6. The van der Waals surface area contributed by atoms with Crippen molar-refractivity contribution in [3.05, 3.63) is 42.2 Å². The first kappa shape index (κ1) is 26.6. The summed E-state index contributed by atoms with van der Waals surface area (Å²) < 4.78 is 15.0. The van der Waals surface area contributed by atoms with Gasteiger partial charge in [-0.25, -0.2) is 19.3 Å². The number of hydrogen-bond acceptors (Lipinski definition) is 8. The fourth-order valence-corrected chi connectivity index (χ4v) is 4.91. The van der Waals surface area contributed by atoms with Crippen LogP contribution >= 0.6 is 0 Å². The molecule has 0 aliphatic heterocycles. The summed E-state index contributed by atoms with van der Waals surface area (Å²) in [5.41, 5.74) is 1.80. The van der Waals surface area contributed by atoms with Crippen molar-refractivity contribution < 1.29 is 19.1 Å². The Morgan fingerprint density at radius 2 is 1.77 bits per heavy atom. The van der Waals surface area contributed by atoms with Crippen molar-refractivity contribution in [2.24, 2.45) is 0 Å². The number of halogens is 1. The van der Waals surface area contributed by atoms with Gasteiger partial charge in [-0.1, -0.05) is 0 Å². The van der Waals surface area contributed by atoms with Crippen LogP contribution in [0.25, 0.3) is 5.65 Å². The minimum Gasteiger partial charge on any atom is -0.465 e.